The number of carbonyl (C=O) groups excluding carboxylic acids is 1. The van der Waals surface area contributed by atoms with Gasteiger partial charge in [-0.1, -0.05) is 18.2 Å². The van der Waals surface area contributed by atoms with Gasteiger partial charge in [-0.3, -0.25) is 14.6 Å². The van der Waals surface area contributed by atoms with Gasteiger partial charge in [0, 0.05) is 38.4 Å². The molecule has 1 saturated heterocycles. The topological polar surface area (TPSA) is 54.0 Å². The second kappa shape index (κ2) is 9.96. The monoisotopic (exact) mass is 411 g/mol. The third-order valence-corrected chi connectivity index (χ3v) is 5.81. The van der Waals surface area contributed by atoms with Crippen molar-refractivity contribution in [2.24, 2.45) is 0 Å². The Balaban J connectivity index is 1.52. The second-order valence-electron chi connectivity index (χ2n) is 8.00. The van der Waals surface area contributed by atoms with Gasteiger partial charge in [-0.05, 0) is 55.2 Å². The molecule has 1 aliphatic rings. The average molecular weight is 412 g/mol. The normalized spacial score (nSPS) is 15.1. The number of ether oxygens (including phenoxy) is 2. The van der Waals surface area contributed by atoms with Crippen LogP contribution in [0.4, 0.5) is 5.69 Å². The van der Waals surface area contributed by atoms with Gasteiger partial charge in [0.2, 0.25) is 5.91 Å². The average Bonchev–Trinajstić information content (AvgIpc) is 2.73. The maximum absolute atomic E-state index is 12.5. The number of rotatable bonds is 7. The van der Waals surface area contributed by atoms with E-state index >= 15 is 0 Å². The summed E-state index contributed by atoms with van der Waals surface area (Å²) in [7, 11) is 3.33. The summed E-state index contributed by atoms with van der Waals surface area (Å²) in [6, 6.07) is 10.2. The molecule has 0 aromatic heterocycles. The molecule has 1 aliphatic heterocycles. The highest BCUT2D eigenvalue weighted by atomic mass is 16.5. The summed E-state index contributed by atoms with van der Waals surface area (Å²) >= 11 is 0. The van der Waals surface area contributed by atoms with E-state index in [1.807, 2.05) is 38.1 Å². The summed E-state index contributed by atoms with van der Waals surface area (Å²) in [5, 5.41) is 3.09. The molecule has 0 spiro atoms. The van der Waals surface area contributed by atoms with Gasteiger partial charge >= 0.3 is 0 Å². The van der Waals surface area contributed by atoms with Gasteiger partial charge in [0.15, 0.2) is 11.5 Å². The van der Waals surface area contributed by atoms with Crippen molar-refractivity contribution in [3.05, 3.63) is 52.6 Å². The minimum Gasteiger partial charge on any atom is -0.493 e. The molecular formula is C24H33N3O3. The first-order chi connectivity index (χ1) is 14.4. The molecule has 162 valence electrons. The van der Waals surface area contributed by atoms with Crippen molar-refractivity contribution in [2.75, 3.05) is 52.3 Å². The lowest BCUT2D eigenvalue weighted by atomic mass is 10.1. The molecular weight excluding hydrogens is 378 g/mol. The van der Waals surface area contributed by atoms with E-state index in [0.717, 1.165) is 61.0 Å². The minimum atomic E-state index is 0.0524. The number of nitrogens with one attached hydrogen (secondary N) is 1. The van der Waals surface area contributed by atoms with Crippen molar-refractivity contribution in [1.82, 2.24) is 9.80 Å². The molecule has 2 aromatic carbocycles. The predicted octanol–water partition coefficient (Wildman–Crippen LogP) is 3.39. The fourth-order valence-electron chi connectivity index (χ4n) is 3.93. The highest BCUT2D eigenvalue weighted by Crippen LogP contribution is 2.31. The van der Waals surface area contributed by atoms with Gasteiger partial charge < -0.3 is 14.8 Å². The van der Waals surface area contributed by atoms with E-state index in [0.29, 0.717) is 6.54 Å². The van der Waals surface area contributed by atoms with E-state index < -0.39 is 0 Å². The number of nitrogens with zero attached hydrogens (tertiary/aromatic N) is 2. The summed E-state index contributed by atoms with van der Waals surface area (Å²) in [6.45, 7) is 11.1. The number of aryl methyl sites for hydroxylation is 3. The summed E-state index contributed by atoms with van der Waals surface area (Å²) < 4.78 is 10.8. The van der Waals surface area contributed by atoms with Gasteiger partial charge in [0.05, 0.1) is 20.8 Å². The second-order valence-corrected chi connectivity index (χ2v) is 8.00. The molecule has 0 aliphatic carbocycles. The van der Waals surface area contributed by atoms with Crippen LogP contribution in [0, 0.1) is 20.8 Å². The maximum Gasteiger partial charge on any atom is 0.238 e. The largest absolute Gasteiger partial charge is 0.493 e. The van der Waals surface area contributed by atoms with Crippen LogP contribution in [0.5, 0.6) is 11.5 Å². The lowest BCUT2D eigenvalue weighted by Crippen LogP contribution is -2.48. The van der Waals surface area contributed by atoms with Crippen LogP contribution in [-0.4, -0.2) is 62.7 Å². The number of hydrogen-bond acceptors (Lipinski definition) is 5. The number of carbonyl (C=O) groups is 1. The Labute approximate surface area is 179 Å². The smallest absolute Gasteiger partial charge is 0.238 e. The van der Waals surface area contributed by atoms with E-state index in [1.165, 1.54) is 11.1 Å². The molecule has 1 N–H and O–H groups in total. The third-order valence-electron chi connectivity index (χ3n) is 5.81. The Hall–Kier alpha value is -2.57. The minimum absolute atomic E-state index is 0.0524. The molecule has 1 amide bonds. The van der Waals surface area contributed by atoms with Crippen molar-refractivity contribution in [3.8, 4) is 11.5 Å². The summed E-state index contributed by atoms with van der Waals surface area (Å²) in [4.78, 5) is 17.2. The van der Waals surface area contributed by atoms with Crippen LogP contribution in [0.25, 0.3) is 0 Å². The zero-order chi connectivity index (χ0) is 21.7. The molecule has 0 unspecified atom stereocenters. The molecule has 1 fully saturated rings. The molecule has 0 radical (unpaired) electrons. The molecule has 3 rings (SSSR count). The van der Waals surface area contributed by atoms with Crippen molar-refractivity contribution in [1.29, 1.82) is 0 Å². The number of methoxy groups -OCH3 is 2. The molecule has 0 bridgehead atoms. The number of para-hydroxylation sites is 1. The zero-order valence-electron chi connectivity index (χ0n) is 18.7. The number of amides is 1. The maximum atomic E-state index is 12.5. The van der Waals surface area contributed by atoms with Crippen LogP contribution in [0.2, 0.25) is 0 Å². The highest BCUT2D eigenvalue weighted by molar-refractivity contribution is 5.93. The molecule has 0 saturated carbocycles. The summed E-state index contributed by atoms with van der Waals surface area (Å²) in [5.74, 6) is 1.58. The van der Waals surface area contributed by atoms with Gasteiger partial charge in [-0.15, -0.1) is 0 Å². The van der Waals surface area contributed by atoms with E-state index in [9.17, 15) is 4.79 Å². The first-order valence-electron chi connectivity index (χ1n) is 10.4. The Bertz CT molecular complexity index is 869. The number of piperazine rings is 1. The number of benzene rings is 2. The van der Waals surface area contributed by atoms with Crippen molar-refractivity contribution in [3.63, 3.8) is 0 Å². The van der Waals surface area contributed by atoms with Crippen LogP contribution < -0.4 is 14.8 Å². The summed E-state index contributed by atoms with van der Waals surface area (Å²) in [5.41, 5.74) is 5.57. The Morgan fingerprint density at radius 1 is 0.900 bits per heavy atom. The zero-order valence-corrected chi connectivity index (χ0v) is 18.7. The SMILES string of the molecule is COc1cc(C)c(CN2CCN(CC(=O)Nc3c(C)cccc3C)CC2)cc1OC. The molecule has 2 aromatic rings. The van der Waals surface area contributed by atoms with Crippen molar-refractivity contribution < 1.29 is 14.3 Å². The highest BCUT2D eigenvalue weighted by Gasteiger charge is 2.20. The Morgan fingerprint density at radius 2 is 1.47 bits per heavy atom. The quantitative estimate of drug-likeness (QED) is 0.757. The van der Waals surface area contributed by atoms with Crippen molar-refractivity contribution in [2.45, 2.75) is 27.3 Å². The van der Waals surface area contributed by atoms with Crippen LogP contribution in [0.15, 0.2) is 30.3 Å². The van der Waals surface area contributed by atoms with Crippen LogP contribution >= 0.6 is 0 Å². The van der Waals surface area contributed by atoms with Gasteiger partial charge in [-0.25, -0.2) is 0 Å². The van der Waals surface area contributed by atoms with Crippen LogP contribution in [0.1, 0.15) is 22.3 Å². The van der Waals surface area contributed by atoms with E-state index in [2.05, 4.69) is 28.1 Å². The van der Waals surface area contributed by atoms with Gasteiger partial charge in [0.25, 0.3) is 0 Å². The fourth-order valence-corrected chi connectivity index (χ4v) is 3.93. The van der Waals surface area contributed by atoms with E-state index in [4.69, 9.17) is 9.47 Å². The van der Waals surface area contributed by atoms with E-state index in [1.54, 1.807) is 14.2 Å². The fraction of sp³-hybridized carbons (Fsp3) is 0.458. The van der Waals surface area contributed by atoms with Gasteiger partial charge in [-0.2, -0.15) is 0 Å². The molecule has 1 heterocycles. The van der Waals surface area contributed by atoms with E-state index in [-0.39, 0.29) is 5.91 Å². The number of hydrogen-bond donors (Lipinski definition) is 1. The molecule has 30 heavy (non-hydrogen) atoms. The molecule has 0 atom stereocenters. The van der Waals surface area contributed by atoms with Crippen molar-refractivity contribution >= 4 is 11.6 Å². The first kappa shape index (κ1) is 22.1. The standard InChI is InChI=1S/C24H33N3O3/c1-17-7-6-8-18(2)24(17)25-23(28)16-27-11-9-26(10-12-27)15-20-14-22(30-5)21(29-4)13-19(20)3/h6-8,13-14H,9-12,15-16H2,1-5H3,(H,25,28). The molecule has 6 heteroatoms. The lowest BCUT2D eigenvalue weighted by molar-refractivity contribution is -0.117. The molecule has 6 nitrogen and oxygen atoms in total. The van der Waals surface area contributed by atoms with Crippen LogP contribution in [0.3, 0.4) is 0 Å². The summed E-state index contributed by atoms with van der Waals surface area (Å²) in [6.07, 6.45) is 0. The van der Waals surface area contributed by atoms with Crippen LogP contribution in [-0.2, 0) is 11.3 Å². The Morgan fingerprint density at radius 3 is 2.07 bits per heavy atom. The Kier molecular flexibility index (Phi) is 7.34. The van der Waals surface area contributed by atoms with Gasteiger partial charge in [0.1, 0.15) is 0 Å². The predicted molar refractivity (Wildman–Crippen MR) is 121 cm³/mol. The lowest BCUT2D eigenvalue weighted by Gasteiger charge is -2.34. The third kappa shape index (κ3) is 5.32. The first-order valence-corrected chi connectivity index (χ1v) is 10.4. The number of anilines is 1.